The number of thioether (sulfide) groups is 1. The van der Waals surface area contributed by atoms with Crippen LogP contribution in [0.3, 0.4) is 0 Å². The number of anilines is 1. The van der Waals surface area contributed by atoms with Crippen LogP contribution in [-0.4, -0.2) is 46.2 Å². The molecule has 0 atom stereocenters. The Labute approximate surface area is 251 Å². The van der Waals surface area contributed by atoms with Crippen molar-refractivity contribution in [2.75, 3.05) is 18.5 Å². The van der Waals surface area contributed by atoms with Crippen LogP contribution in [-0.2, 0) is 22.6 Å². The van der Waals surface area contributed by atoms with Crippen LogP contribution in [0.2, 0.25) is 5.02 Å². The van der Waals surface area contributed by atoms with Crippen LogP contribution >= 0.6 is 23.4 Å². The van der Waals surface area contributed by atoms with E-state index in [-0.39, 0.29) is 17.1 Å². The number of allylic oxidation sites excluding steroid dienone is 1. The van der Waals surface area contributed by atoms with Crippen molar-refractivity contribution in [1.82, 2.24) is 4.90 Å². The molecule has 1 aliphatic rings. The third-order valence-electron chi connectivity index (χ3n) is 6.02. The standard InChI is InChI=1S/C31H27ClN2O7S/c1-3-7-22-14-20(15-25(40-4-2)28(22)41-18-19-10-12-21(13-11-19)30(37)38)16-26-29(36)34(31(39)42-26)17-27(35)33-24-9-6-5-8-23(24)32/h3,5-6,8-16H,1,4,7,17-18H2,2H3,(H,33,35)(H,37,38)/b26-16+. The predicted molar refractivity (Wildman–Crippen MR) is 162 cm³/mol. The van der Waals surface area contributed by atoms with Crippen molar-refractivity contribution in [3.05, 3.63) is 106 Å². The Bertz CT molecular complexity index is 1570. The van der Waals surface area contributed by atoms with E-state index in [1.165, 1.54) is 12.1 Å². The lowest BCUT2D eigenvalue weighted by Gasteiger charge is -2.17. The first kappa shape index (κ1) is 30.4. The summed E-state index contributed by atoms with van der Waals surface area (Å²) in [5, 5.41) is 11.5. The minimum atomic E-state index is -1.01. The average molecular weight is 607 g/mol. The maximum absolute atomic E-state index is 13.1. The molecule has 1 fully saturated rings. The summed E-state index contributed by atoms with van der Waals surface area (Å²) in [6.45, 7) is 5.70. The van der Waals surface area contributed by atoms with Gasteiger partial charge in [-0.05, 0) is 78.7 Å². The number of benzene rings is 3. The number of aromatic carboxylic acids is 1. The number of hydrogen-bond acceptors (Lipinski definition) is 7. The fourth-order valence-electron chi connectivity index (χ4n) is 4.08. The van der Waals surface area contributed by atoms with Gasteiger partial charge in [-0.2, -0.15) is 0 Å². The third kappa shape index (κ3) is 7.39. The van der Waals surface area contributed by atoms with Crippen molar-refractivity contribution in [3.8, 4) is 11.5 Å². The fraction of sp³-hybridized carbons (Fsp3) is 0.161. The van der Waals surface area contributed by atoms with E-state index in [1.807, 2.05) is 13.0 Å². The molecule has 2 N–H and O–H groups in total. The highest BCUT2D eigenvalue weighted by atomic mass is 35.5. The van der Waals surface area contributed by atoms with Crippen molar-refractivity contribution >= 4 is 58.1 Å². The van der Waals surface area contributed by atoms with Crippen LogP contribution in [0.4, 0.5) is 10.5 Å². The summed E-state index contributed by atoms with van der Waals surface area (Å²) in [4.78, 5) is 50.4. The molecule has 11 heteroatoms. The highest BCUT2D eigenvalue weighted by Crippen LogP contribution is 2.38. The van der Waals surface area contributed by atoms with Gasteiger partial charge in [-0.1, -0.05) is 41.9 Å². The molecule has 0 bridgehead atoms. The van der Waals surface area contributed by atoms with E-state index in [4.69, 9.17) is 26.2 Å². The maximum Gasteiger partial charge on any atom is 0.335 e. The van der Waals surface area contributed by atoms with Crippen LogP contribution in [0.25, 0.3) is 6.08 Å². The van der Waals surface area contributed by atoms with Gasteiger partial charge in [-0.25, -0.2) is 4.79 Å². The van der Waals surface area contributed by atoms with E-state index in [1.54, 1.807) is 54.6 Å². The van der Waals surface area contributed by atoms with Crippen molar-refractivity contribution in [1.29, 1.82) is 0 Å². The zero-order chi connectivity index (χ0) is 30.2. The predicted octanol–water partition coefficient (Wildman–Crippen LogP) is 6.42. The van der Waals surface area contributed by atoms with E-state index in [0.717, 1.165) is 27.8 Å². The summed E-state index contributed by atoms with van der Waals surface area (Å²) in [5.41, 5.74) is 2.66. The smallest absolute Gasteiger partial charge is 0.335 e. The van der Waals surface area contributed by atoms with Crippen molar-refractivity contribution in [3.63, 3.8) is 0 Å². The van der Waals surface area contributed by atoms with Crippen LogP contribution in [0, 0.1) is 0 Å². The van der Waals surface area contributed by atoms with Crippen molar-refractivity contribution in [2.45, 2.75) is 20.0 Å². The number of halogens is 1. The summed E-state index contributed by atoms with van der Waals surface area (Å²) in [7, 11) is 0. The molecule has 3 amide bonds. The van der Waals surface area contributed by atoms with E-state index >= 15 is 0 Å². The van der Waals surface area contributed by atoms with Gasteiger partial charge in [0.15, 0.2) is 11.5 Å². The lowest BCUT2D eigenvalue weighted by molar-refractivity contribution is -0.127. The number of para-hydroxylation sites is 1. The number of carbonyl (C=O) groups is 4. The number of carbonyl (C=O) groups excluding carboxylic acids is 3. The monoisotopic (exact) mass is 606 g/mol. The second-order valence-corrected chi connectivity index (χ2v) is 10.4. The quantitative estimate of drug-likeness (QED) is 0.179. The molecular formula is C31H27ClN2O7S. The van der Waals surface area contributed by atoms with Crippen LogP contribution < -0.4 is 14.8 Å². The number of imide groups is 1. The molecule has 216 valence electrons. The molecule has 3 aromatic carbocycles. The second kappa shape index (κ2) is 13.9. The number of nitrogens with one attached hydrogen (secondary N) is 1. The van der Waals surface area contributed by atoms with E-state index < -0.39 is 29.6 Å². The zero-order valence-corrected chi connectivity index (χ0v) is 24.2. The maximum atomic E-state index is 13.1. The topological polar surface area (TPSA) is 122 Å². The van der Waals surface area contributed by atoms with Crippen LogP contribution in [0.5, 0.6) is 11.5 Å². The Kier molecular flexibility index (Phi) is 10.1. The molecule has 1 heterocycles. The average Bonchev–Trinajstić information content (AvgIpc) is 3.21. The first-order valence-electron chi connectivity index (χ1n) is 12.9. The summed E-state index contributed by atoms with van der Waals surface area (Å²) in [6, 6.07) is 16.5. The van der Waals surface area contributed by atoms with Gasteiger partial charge in [0.1, 0.15) is 13.2 Å². The summed E-state index contributed by atoms with van der Waals surface area (Å²) < 4.78 is 12.0. The Morgan fingerprint density at radius 1 is 1.10 bits per heavy atom. The Hall–Kier alpha value is -4.54. The molecule has 1 saturated heterocycles. The molecule has 4 rings (SSSR count). The first-order chi connectivity index (χ1) is 20.2. The van der Waals surface area contributed by atoms with Gasteiger partial charge in [0.25, 0.3) is 11.1 Å². The molecule has 9 nitrogen and oxygen atoms in total. The van der Waals surface area contributed by atoms with Gasteiger partial charge in [0.2, 0.25) is 5.91 Å². The molecule has 0 spiro atoms. The lowest BCUT2D eigenvalue weighted by atomic mass is 10.0. The van der Waals surface area contributed by atoms with Crippen molar-refractivity contribution in [2.24, 2.45) is 0 Å². The fourth-order valence-corrected chi connectivity index (χ4v) is 5.10. The molecule has 42 heavy (non-hydrogen) atoms. The van der Waals surface area contributed by atoms with Gasteiger partial charge < -0.3 is 19.9 Å². The number of rotatable bonds is 12. The number of hydrogen-bond donors (Lipinski definition) is 2. The number of nitrogens with zero attached hydrogens (tertiary/aromatic N) is 1. The molecule has 0 aliphatic carbocycles. The summed E-state index contributed by atoms with van der Waals surface area (Å²) in [5.74, 6) is -1.24. The highest BCUT2D eigenvalue weighted by molar-refractivity contribution is 8.18. The van der Waals surface area contributed by atoms with Crippen molar-refractivity contribution < 1.29 is 33.8 Å². The number of carboxylic acids is 1. The Morgan fingerprint density at radius 2 is 1.83 bits per heavy atom. The van der Waals surface area contributed by atoms with Gasteiger partial charge in [-0.3, -0.25) is 19.3 Å². The minimum Gasteiger partial charge on any atom is -0.490 e. The lowest BCUT2D eigenvalue weighted by Crippen LogP contribution is -2.36. The molecule has 0 saturated carbocycles. The van der Waals surface area contributed by atoms with Crippen LogP contribution in [0.1, 0.15) is 34.0 Å². The molecule has 0 aromatic heterocycles. The summed E-state index contributed by atoms with van der Waals surface area (Å²) in [6.07, 6.45) is 3.70. The van der Waals surface area contributed by atoms with E-state index in [2.05, 4.69) is 11.9 Å². The van der Waals surface area contributed by atoms with E-state index in [9.17, 15) is 19.2 Å². The molecule has 0 radical (unpaired) electrons. The van der Waals surface area contributed by atoms with E-state index in [0.29, 0.717) is 40.8 Å². The first-order valence-corrected chi connectivity index (χ1v) is 14.0. The molecular weight excluding hydrogens is 580 g/mol. The Balaban J connectivity index is 1.54. The van der Waals surface area contributed by atoms with Gasteiger partial charge in [-0.15, -0.1) is 6.58 Å². The second-order valence-electron chi connectivity index (χ2n) is 9.02. The Morgan fingerprint density at radius 3 is 2.50 bits per heavy atom. The molecule has 3 aromatic rings. The van der Waals surface area contributed by atoms with Gasteiger partial charge >= 0.3 is 5.97 Å². The number of ether oxygens (including phenoxy) is 2. The number of carboxylic acid groups (broad SMARTS) is 1. The molecule has 0 unspecified atom stereocenters. The third-order valence-corrected chi connectivity index (χ3v) is 7.26. The highest BCUT2D eigenvalue weighted by Gasteiger charge is 2.36. The van der Waals surface area contributed by atoms with Gasteiger partial charge in [0, 0.05) is 5.56 Å². The summed E-state index contributed by atoms with van der Waals surface area (Å²) >= 11 is 6.82. The SMILES string of the molecule is C=CCc1cc(/C=C2/SC(=O)N(CC(=O)Nc3ccccc3Cl)C2=O)cc(OCC)c1OCc1ccc(C(=O)O)cc1. The van der Waals surface area contributed by atoms with Crippen LogP contribution in [0.15, 0.2) is 78.2 Å². The largest absolute Gasteiger partial charge is 0.490 e. The molecule has 1 aliphatic heterocycles. The zero-order valence-electron chi connectivity index (χ0n) is 22.6. The minimum absolute atomic E-state index is 0.157. The number of amides is 3. The van der Waals surface area contributed by atoms with Gasteiger partial charge in [0.05, 0.1) is 27.8 Å². The normalized spacial score (nSPS) is 13.8.